The van der Waals surface area contributed by atoms with Gasteiger partial charge in [0.1, 0.15) is 11.5 Å². The van der Waals surface area contributed by atoms with Crippen molar-refractivity contribution in [2.24, 2.45) is 0 Å². The Hall–Kier alpha value is -2.04. The number of hydrogen-bond donors (Lipinski definition) is 0. The lowest BCUT2D eigenvalue weighted by Crippen LogP contribution is -2.08. The molecule has 0 aliphatic carbocycles. The number of unbranched alkanes of at least 4 members (excludes halogenated alkanes) is 5. The van der Waals surface area contributed by atoms with Crippen LogP contribution in [0.3, 0.4) is 0 Å². The Labute approximate surface area is 163 Å². The average Bonchev–Trinajstić information content (AvgIpc) is 2.63. The minimum Gasteiger partial charge on any atom is -0.491 e. The zero-order valence-corrected chi connectivity index (χ0v) is 17.0. The third kappa shape index (κ3) is 12.1. The second-order valence-electron chi connectivity index (χ2n) is 6.95. The van der Waals surface area contributed by atoms with Gasteiger partial charge in [-0.05, 0) is 57.4 Å². The molecule has 0 aromatic heterocycles. The van der Waals surface area contributed by atoms with Crippen molar-refractivity contribution < 1.29 is 23.8 Å². The van der Waals surface area contributed by atoms with Gasteiger partial charge in [0.05, 0.1) is 12.7 Å². The van der Waals surface area contributed by atoms with Gasteiger partial charge in [0.25, 0.3) is 0 Å². The van der Waals surface area contributed by atoms with E-state index >= 15 is 0 Å². The monoisotopic (exact) mass is 378 g/mol. The van der Waals surface area contributed by atoms with Crippen molar-refractivity contribution >= 4 is 11.9 Å². The number of rotatable bonds is 14. The number of hydrogen-bond acceptors (Lipinski definition) is 5. The zero-order valence-electron chi connectivity index (χ0n) is 17.0. The van der Waals surface area contributed by atoms with Gasteiger partial charge in [-0.2, -0.15) is 0 Å². The average molecular weight is 379 g/mol. The molecule has 0 aliphatic rings. The molecule has 0 bridgehead atoms. The van der Waals surface area contributed by atoms with E-state index in [-0.39, 0.29) is 18.0 Å². The molecular weight excluding hydrogens is 344 g/mol. The lowest BCUT2D eigenvalue weighted by Gasteiger charge is -2.10. The first-order valence-corrected chi connectivity index (χ1v) is 10.1. The maximum Gasteiger partial charge on any atom is 0.311 e. The molecule has 0 radical (unpaired) electrons. The van der Waals surface area contributed by atoms with Crippen molar-refractivity contribution in [3.05, 3.63) is 24.3 Å². The highest BCUT2D eigenvalue weighted by Crippen LogP contribution is 2.19. The van der Waals surface area contributed by atoms with Crippen LogP contribution in [0.1, 0.15) is 78.6 Å². The van der Waals surface area contributed by atoms with E-state index in [4.69, 9.17) is 14.2 Å². The van der Waals surface area contributed by atoms with Crippen LogP contribution in [0.15, 0.2) is 24.3 Å². The van der Waals surface area contributed by atoms with Gasteiger partial charge in [-0.1, -0.05) is 32.6 Å². The molecule has 0 heterocycles. The van der Waals surface area contributed by atoms with E-state index in [1.807, 2.05) is 20.8 Å². The summed E-state index contributed by atoms with van der Waals surface area (Å²) in [4.78, 5) is 23.2. The Morgan fingerprint density at radius 2 is 1.33 bits per heavy atom. The smallest absolute Gasteiger partial charge is 0.311 e. The van der Waals surface area contributed by atoms with Crippen molar-refractivity contribution in [1.29, 1.82) is 0 Å². The Morgan fingerprint density at radius 3 is 1.89 bits per heavy atom. The minimum atomic E-state index is -0.203. The number of carbonyl (C=O) groups excluding carboxylic acids is 2. The zero-order chi connectivity index (χ0) is 19.9. The lowest BCUT2D eigenvalue weighted by molar-refractivity contribution is -0.143. The fourth-order valence-corrected chi connectivity index (χ4v) is 2.57. The van der Waals surface area contributed by atoms with E-state index in [2.05, 4.69) is 0 Å². The summed E-state index contributed by atoms with van der Waals surface area (Å²) in [7, 11) is 0. The summed E-state index contributed by atoms with van der Waals surface area (Å²) in [6, 6.07) is 7.11. The van der Waals surface area contributed by atoms with Crippen molar-refractivity contribution in [2.45, 2.75) is 84.7 Å². The van der Waals surface area contributed by atoms with Crippen LogP contribution in [0.25, 0.3) is 0 Å². The summed E-state index contributed by atoms with van der Waals surface area (Å²) in [5.74, 6) is 1.02. The molecular formula is C22H34O5. The summed E-state index contributed by atoms with van der Waals surface area (Å²) in [5, 5.41) is 0. The highest BCUT2D eigenvalue weighted by Gasteiger charge is 2.06. The minimum absolute atomic E-state index is 0.0941. The number of benzene rings is 1. The highest BCUT2D eigenvalue weighted by atomic mass is 16.5. The predicted octanol–water partition coefficient (Wildman–Crippen LogP) is 5.45. The summed E-state index contributed by atoms with van der Waals surface area (Å²) in [5.41, 5.74) is 0. The molecule has 0 saturated carbocycles. The van der Waals surface area contributed by atoms with E-state index in [9.17, 15) is 9.59 Å². The van der Waals surface area contributed by atoms with Gasteiger partial charge in [-0.3, -0.25) is 9.59 Å². The molecule has 1 rings (SSSR count). The number of carbonyl (C=O) groups is 2. The molecule has 0 atom stereocenters. The Morgan fingerprint density at radius 1 is 0.815 bits per heavy atom. The molecule has 152 valence electrons. The normalized spacial score (nSPS) is 10.7. The largest absolute Gasteiger partial charge is 0.491 e. The third-order valence-corrected chi connectivity index (χ3v) is 3.91. The Balaban J connectivity index is 2.03. The fraction of sp³-hybridized carbons (Fsp3) is 0.636. The van der Waals surface area contributed by atoms with Crippen LogP contribution in [0.5, 0.6) is 11.5 Å². The maximum atomic E-state index is 11.9. The number of esters is 2. The van der Waals surface area contributed by atoms with Gasteiger partial charge in [-0.25, -0.2) is 0 Å². The molecule has 0 unspecified atom stereocenters. The number of ether oxygens (including phenoxy) is 3. The van der Waals surface area contributed by atoms with E-state index in [0.717, 1.165) is 50.7 Å². The molecule has 1 aromatic rings. The van der Waals surface area contributed by atoms with Crippen molar-refractivity contribution in [2.75, 3.05) is 6.61 Å². The molecule has 5 heteroatoms. The highest BCUT2D eigenvalue weighted by molar-refractivity contribution is 5.72. The van der Waals surface area contributed by atoms with Crippen LogP contribution < -0.4 is 9.47 Å². The Bertz CT molecular complexity index is 536. The van der Waals surface area contributed by atoms with Crippen LogP contribution in [0, 0.1) is 0 Å². The second kappa shape index (κ2) is 14.1. The van der Waals surface area contributed by atoms with E-state index in [1.54, 1.807) is 24.3 Å². The predicted molar refractivity (Wildman–Crippen MR) is 106 cm³/mol. The van der Waals surface area contributed by atoms with E-state index in [1.165, 1.54) is 0 Å². The standard InChI is InChI=1S/C22H34O5/c1-4-17-25-21(23)11-9-7-5-6-8-10-12-22(24)27-20-15-13-19(14-16-20)26-18(2)3/h13-16,18H,4-12,17H2,1-3H3. The van der Waals surface area contributed by atoms with Crippen LogP contribution >= 0.6 is 0 Å². The van der Waals surface area contributed by atoms with Gasteiger partial charge in [0, 0.05) is 12.8 Å². The van der Waals surface area contributed by atoms with Crippen molar-refractivity contribution in [3.8, 4) is 11.5 Å². The summed E-state index contributed by atoms with van der Waals surface area (Å²) >= 11 is 0. The molecule has 1 aromatic carbocycles. The first-order chi connectivity index (χ1) is 13.0. The van der Waals surface area contributed by atoms with Gasteiger partial charge in [0.15, 0.2) is 0 Å². The van der Waals surface area contributed by atoms with Crippen molar-refractivity contribution in [3.63, 3.8) is 0 Å². The maximum absolute atomic E-state index is 11.9. The van der Waals surface area contributed by atoms with E-state index in [0.29, 0.717) is 25.2 Å². The van der Waals surface area contributed by atoms with Crippen LogP contribution in [0.4, 0.5) is 0 Å². The molecule has 5 nitrogen and oxygen atoms in total. The second-order valence-corrected chi connectivity index (χ2v) is 6.95. The van der Waals surface area contributed by atoms with Gasteiger partial charge < -0.3 is 14.2 Å². The first-order valence-electron chi connectivity index (χ1n) is 10.1. The molecule has 0 spiro atoms. The fourth-order valence-electron chi connectivity index (χ4n) is 2.57. The molecule has 27 heavy (non-hydrogen) atoms. The quantitative estimate of drug-likeness (QED) is 0.245. The molecule has 0 N–H and O–H groups in total. The van der Waals surface area contributed by atoms with E-state index < -0.39 is 0 Å². The van der Waals surface area contributed by atoms with Crippen LogP contribution in [-0.2, 0) is 14.3 Å². The van der Waals surface area contributed by atoms with Crippen LogP contribution in [0.2, 0.25) is 0 Å². The summed E-state index contributed by atoms with van der Waals surface area (Å²) in [6.07, 6.45) is 7.78. The summed E-state index contributed by atoms with van der Waals surface area (Å²) < 4.78 is 15.9. The summed E-state index contributed by atoms with van der Waals surface area (Å²) in [6.45, 7) is 6.44. The van der Waals surface area contributed by atoms with Crippen molar-refractivity contribution in [1.82, 2.24) is 0 Å². The van der Waals surface area contributed by atoms with Gasteiger partial charge >= 0.3 is 11.9 Å². The van der Waals surface area contributed by atoms with Gasteiger partial charge in [-0.15, -0.1) is 0 Å². The molecule has 0 amide bonds. The Kier molecular flexibility index (Phi) is 12.0. The van der Waals surface area contributed by atoms with Gasteiger partial charge in [0.2, 0.25) is 0 Å². The lowest BCUT2D eigenvalue weighted by atomic mass is 10.1. The molecule has 0 fully saturated rings. The topological polar surface area (TPSA) is 61.8 Å². The molecule has 0 saturated heterocycles. The first kappa shape index (κ1) is 23.0. The third-order valence-electron chi connectivity index (χ3n) is 3.91. The SMILES string of the molecule is CCCOC(=O)CCCCCCCCC(=O)Oc1ccc(OC(C)C)cc1. The van der Waals surface area contributed by atoms with Crippen LogP contribution in [-0.4, -0.2) is 24.6 Å². The molecule has 0 aliphatic heterocycles.